The number of halogens is 2. The second-order valence-corrected chi connectivity index (χ2v) is 15.8. The summed E-state index contributed by atoms with van der Waals surface area (Å²) in [6, 6.07) is 13.1. The van der Waals surface area contributed by atoms with Crippen molar-refractivity contribution in [3.63, 3.8) is 0 Å². The van der Waals surface area contributed by atoms with E-state index in [2.05, 4.69) is 9.88 Å². The molecule has 0 atom stereocenters. The van der Waals surface area contributed by atoms with Crippen LogP contribution in [0.5, 0.6) is 6.01 Å². The molecule has 0 aliphatic carbocycles. The smallest absolute Gasteiger partial charge is 0.314 e. The van der Waals surface area contributed by atoms with Crippen molar-refractivity contribution in [1.82, 2.24) is 28.5 Å². The quantitative estimate of drug-likeness (QED) is 0.236. The van der Waals surface area contributed by atoms with Gasteiger partial charge >= 0.3 is 16.1 Å². The van der Waals surface area contributed by atoms with Crippen LogP contribution in [0.3, 0.4) is 0 Å². The first-order chi connectivity index (χ1) is 20.9. The summed E-state index contributed by atoms with van der Waals surface area (Å²) in [6.45, 7) is 3.96. The molecule has 0 spiro atoms. The Labute approximate surface area is 267 Å². The number of hydrogen-bond donors (Lipinski definition) is 0. The van der Waals surface area contributed by atoms with Crippen LogP contribution in [0.15, 0.2) is 42.5 Å². The molecule has 0 bridgehead atoms. The van der Waals surface area contributed by atoms with Crippen LogP contribution in [0.25, 0.3) is 22.3 Å². The lowest BCUT2D eigenvalue weighted by Crippen LogP contribution is -2.36. The van der Waals surface area contributed by atoms with Crippen molar-refractivity contribution >= 4 is 54.4 Å². The SMILES string of the molecule is CS(=O)(=O)Oc1nc2ccccc2n1C1CCN(CCCn2nc(-c3ccc(Cl)c(Cl)c3)c3c2CCN(S(C)(=O)=O)C3)CC1. The first kappa shape index (κ1) is 31.3. The van der Waals surface area contributed by atoms with Crippen molar-refractivity contribution in [3.05, 3.63) is 63.8 Å². The molecule has 2 aromatic carbocycles. The van der Waals surface area contributed by atoms with Crippen molar-refractivity contribution < 1.29 is 21.0 Å². The zero-order valence-electron chi connectivity index (χ0n) is 24.5. The molecule has 0 amide bonds. The van der Waals surface area contributed by atoms with E-state index in [-0.39, 0.29) is 18.6 Å². The van der Waals surface area contributed by atoms with E-state index in [0.29, 0.717) is 35.1 Å². The normalized spacial score (nSPS) is 17.3. The Balaban J connectivity index is 1.14. The maximum Gasteiger partial charge on any atom is 0.314 e. The molecule has 1 fully saturated rings. The standard InChI is InChI=1S/C29H34Cl2N6O5S2/c1-43(38,39)35-17-12-26-22(19-35)28(20-8-9-23(30)24(31)18-20)33-36(26)14-5-13-34-15-10-21(11-16-34)37-27-7-4-3-6-25(27)32-29(37)42-44(2,40)41/h3-4,6-9,18,21H,5,10-17,19H2,1-2H3. The van der Waals surface area contributed by atoms with Crippen LogP contribution in [-0.2, 0) is 39.7 Å². The summed E-state index contributed by atoms with van der Waals surface area (Å²) in [6.07, 6.45) is 5.39. The molecule has 236 valence electrons. The molecule has 6 rings (SSSR count). The number of nitrogens with zero attached hydrogens (tertiary/aromatic N) is 6. The molecule has 11 nitrogen and oxygen atoms in total. The van der Waals surface area contributed by atoms with Gasteiger partial charge in [0.25, 0.3) is 0 Å². The summed E-state index contributed by atoms with van der Waals surface area (Å²) in [7, 11) is -7.07. The van der Waals surface area contributed by atoms with E-state index in [1.807, 2.05) is 39.6 Å². The zero-order valence-corrected chi connectivity index (χ0v) is 27.6. The van der Waals surface area contributed by atoms with Crippen molar-refractivity contribution in [2.24, 2.45) is 0 Å². The van der Waals surface area contributed by atoms with Crippen LogP contribution < -0.4 is 4.18 Å². The number of sulfonamides is 1. The number of benzene rings is 2. The van der Waals surface area contributed by atoms with E-state index in [1.165, 1.54) is 10.6 Å². The molecule has 1 saturated heterocycles. The van der Waals surface area contributed by atoms with Gasteiger partial charge in [-0.25, -0.2) is 8.42 Å². The first-order valence-electron chi connectivity index (χ1n) is 14.5. The number of likely N-dealkylation sites (tertiary alicyclic amines) is 1. The Kier molecular flexibility index (Phi) is 8.72. The number of aromatic nitrogens is 4. The molecule has 0 radical (unpaired) electrons. The molecular weight excluding hydrogens is 647 g/mol. The van der Waals surface area contributed by atoms with Gasteiger partial charge < -0.3 is 9.08 Å². The Morgan fingerprint density at radius 2 is 1.70 bits per heavy atom. The summed E-state index contributed by atoms with van der Waals surface area (Å²) in [5.74, 6) is 0. The van der Waals surface area contributed by atoms with Crippen molar-refractivity contribution in [1.29, 1.82) is 0 Å². The van der Waals surface area contributed by atoms with Gasteiger partial charge in [-0.3, -0.25) is 9.25 Å². The summed E-state index contributed by atoms with van der Waals surface area (Å²) in [4.78, 5) is 6.86. The monoisotopic (exact) mass is 680 g/mol. The second kappa shape index (κ2) is 12.3. The summed E-state index contributed by atoms with van der Waals surface area (Å²) in [5, 5.41) is 5.82. The fraction of sp³-hybridized carbons (Fsp3) is 0.448. The minimum absolute atomic E-state index is 0.0695. The van der Waals surface area contributed by atoms with Gasteiger partial charge in [0.2, 0.25) is 10.0 Å². The maximum absolute atomic E-state index is 12.4. The van der Waals surface area contributed by atoms with Crippen LogP contribution in [-0.4, -0.2) is 84.1 Å². The third kappa shape index (κ3) is 6.63. The Morgan fingerprint density at radius 1 is 0.955 bits per heavy atom. The molecule has 2 aliphatic heterocycles. The molecular formula is C29H34Cl2N6O5S2. The number of fused-ring (bicyclic) bond motifs is 2. The van der Waals surface area contributed by atoms with Crippen LogP contribution in [0.1, 0.15) is 36.6 Å². The molecule has 2 aliphatic rings. The maximum atomic E-state index is 12.4. The van der Waals surface area contributed by atoms with Crippen LogP contribution in [0.2, 0.25) is 10.0 Å². The lowest BCUT2D eigenvalue weighted by Gasteiger charge is -2.33. The number of para-hydroxylation sites is 2. The highest BCUT2D eigenvalue weighted by molar-refractivity contribution is 7.88. The third-order valence-corrected chi connectivity index (χ3v) is 10.8. The average molecular weight is 682 g/mol. The van der Waals surface area contributed by atoms with Crippen molar-refractivity contribution in [2.75, 3.05) is 38.7 Å². The van der Waals surface area contributed by atoms with E-state index < -0.39 is 20.1 Å². The predicted octanol–water partition coefficient (Wildman–Crippen LogP) is 4.59. The van der Waals surface area contributed by atoms with Gasteiger partial charge in [-0.05, 0) is 50.1 Å². The van der Waals surface area contributed by atoms with Crippen LogP contribution in [0.4, 0.5) is 0 Å². The largest absolute Gasteiger partial charge is 0.345 e. The number of imidazole rings is 1. The molecule has 2 aromatic heterocycles. The number of hydrogen-bond acceptors (Lipinski definition) is 8. The highest BCUT2D eigenvalue weighted by Gasteiger charge is 2.30. The summed E-state index contributed by atoms with van der Waals surface area (Å²) < 4.78 is 59.3. The Morgan fingerprint density at radius 3 is 2.41 bits per heavy atom. The number of piperidine rings is 1. The fourth-order valence-electron chi connectivity index (χ4n) is 6.22. The van der Waals surface area contributed by atoms with E-state index in [4.69, 9.17) is 32.5 Å². The third-order valence-electron chi connectivity index (χ3n) is 8.32. The van der Waals surface area contributed by atoms with Gasteiger partial charge in [0.1, 0.15) is 0 Å². The molecule has 0 saturated carbocycles. The lowest BCUT2D eigenvalue weighted by atomic mass is 10.0. The van der Waals surface area contributed by atoms with Crippen LogP contribution in [0, 0.1) is 0 Å². The van der Waals surface area contributed by atoms with Crippen molar-refractivity contribution in [3.8, 4) is 17.3 Å². The molecule has 0 N–H and O–H groups in total. The van der Waals surface area contributed by atoms with Gasteiger partial charge in [-0.1, -0.05) is 41.4 Å². The van der Waals surface area contributed by atoms with Crippen LogP contribution >= 0.6 is 23.2 Å². The summed E-state index contributed by atoms with van der Waals surface area (Å²) in [5.41, 5.74) is 5.05. The highest BCUT2D eigenvalue weighted by Crippen LogP contribution is 2.35. The fourth-order valence-corrected chi connectivity index (χ4v) is 7.70. The van der Waals surface area contributed by atoms with Gasteiger partial charge in [0.05, 0.1) is 39.3 Å². The zero-order chi connectivity index (χ0) is 31.2. The van der Waals surface area contributed by atoms with E-state index in [0.717, 1.165) is 73.2 Å². The average Bonchev–Trinajstić information content (AvgIpc) is 3.51. The Bertz CT molecular complexity index is 1920. The number of rotatable bonds is 9. The van der Waals surface area contributed by atoms with E-state index in [9.17, 15) is 16.8 Å². The van der Waals surface area contributed by atoms with E-state index >= 15 is 0 Å². The van der Waals surface area contributed by atoms with Gasteiger partial charge in [0.15, 0.2) is 0 Å². The number of aryl methyl sites for hydroxylation is 1. The van der Waals surface area contributed by atoms with Crippen molar-refractivity contribution in [2.45, 2.75) is 44.8 Å². The highest BCUT2D eigenvalue weighted by atomic mass is 35.5. The molecule has 4 heterocycles. The lowest BCUT2D eigenvalue weighted by molar-refractivity contribution is 0.180. The first-order valence-corrected chi connectivity index (χ1v) is 18.9. The van der Waals surface area contributed by atoms with Gasteiger partial charge in [-0.15, -0.1) is 0 Å². The topological polar surface area (TPSA) is 120 Å². The Hall–Kier alpha value is -2.68. The van der Waals surface area contributed by atoms with Gasteiger partial charge in [0, 0.05) is 62.0 Å². The van der Waals surface area contributed by atoms with E-state index in [1.54, 1.807) is 12.1 Å². The molecule has 4 aromatic rings. The molecule has 15 heteroatoms. The van der Waals surface area contributed by atoms with Gasteiger partial charge in [-0.2, -0.15) is 22.8 Å². The summed E-state index contributed by atoms with van der Waals surface area (Å²) >= 11 is 12.5. The second-order valence-electron chi connectivity index (χ2n) is 11.4. The minimum atomic E-state index is -3.72. The predicted molar refractivity (Wildman–Crippen MR) is 171 cm³/mol. The molecule has 44 heavy (non-hydrogen) atoms. The molecule has 0 unspecified atom stereocenters. The minimum Gasteiger partial charge on any atom is -0.345 e.